The number of hydrogen-bond acceptors (Lipinski definition) is 4. The van der Waals surface area contributed by atoms with Gasteiger partial charge in [0.05, 0.1) is 30.8 Å². The molecule has 0 saturated carbocycles. The van der Waals surface area contributed by atoms with Crippen LogP contribution in [0.5, 0.6) is 5.75 Å². The van der Waals surface area contributed by atoms with Gasteiger partial charge in [0.1, 0.15) is 18.2 Å². The summed E-state index contributed by atoms with van der Waals surface area (Å²) in [6, 6.07) is 14.6. The maximum atomic E-state index is 5.79. The van der Waals surface area contributed by atoms with Gasteiger partial charge in [-0.3, -0.25) is 0 Å². The molecule has 3 heterocycles. The molecular weight excluding hydrogens is 340 g/mol. The molecule has 138 valence electrons. The number of nitrogens with zero attached hydrogens (tertiary/aromatic N) is 2. The van der Waals surface area contributed by atoms with Gasteiger partial charge in [0, 0.05) is 36.3 Å². The van der Waals surface area contributed by atoms with Gasteiger partial charge in [0.2, 0.25) is 0 Å². The number of methoxy groups -OCH3 is 1. The highest BCUT2D eigenvalue weighted by Gasteiger charge is 2.24. The molecular formula is C21H22N4O2. The molecule has 0 saturated heterocycles. The molecule has 0 aliphatic carbocycles. The first-order valence-corrected chi connectivity index (χ1v) is 9.22. The van der Waals surface area contributed by atoms with Crippen molar-refractivity contribution in [2.45, 2.75) is 19.2 Å². The van der Waals surface area contributed by atoms with Crippen LogP contribution < -0.4 is 10.1 Å². The number of benzene rings is 2. The standard InChI is InChI=1S/C21H22N4O2/c1-26-16-6-7-19-20(8-16)25-15(12-27-13-21(25)24-19)11-22-9-14-10-23-18-5-3-2-4-17(14)18/h2-8,10,15,22-23H,9,11-13H2,1H3/t15-/m0/s1. The van der Waals surface area contributed by atoms with Crippen molar-refractivity contribution in [3.63, 3.8) is 0 Å². The normalized spacial score (nSPS) is 16.7. The highest BCUT2D eigenvalue weighted by molar-refractivity contribution is 5.83. The number of aromatic nitrogens is 3. The Hall–Kier alpha value is -2.83. The van der Waals surface area contributed by atoms with Crippen molar-refractivity contribution in [1.82, 2.24) is 19.9 Å². The average Bonchev–Trinajstić information content (AvgIpc) is 3.29. The number of fused-ring (bicyclic) bond motifs is 4. The van der Waals surface area contributed by atoms with Crippen LogP contribution in [0.2, 0.25) is 0 Å². The number of para-hydroxylation sites is 1. The van der Waals surface area contributed by atoms with Gasteiger partial charge in [-0.1, -0.05) is 18.2 Å². The lowest BCUT2D eigenvalue weighted by molar-refractivity contribution is 0.0564. The van der Waals surface area contributed by atoms with Gasteiger partial charge in [-0.05, 0) is 23.8 Å². The van der Waals surface area contributed by atoms with E-state index >= 15 is 0 Å². The molecule has 6 heteroatoms. The third-order valence-electron chi connectivity index (χ3n) is 5.25. The minimum Gasteiger partial charge on any atom is -0.497 e. The van der Waals surface area contributed by atoms with Crippen LogP contribution in [-0.2, 0) is 17.9 Å². The molecule has 1 aliphatic rings. The highest BCUT2D eigenvalue weighted by Crippen LogP contribution is 2.28. The van der Waals surface area contributed by atoms with Crippen LogP contribution in [0.15, 0.2) is 48.7 Å². The molecule has 0 bridgehead atoms. The Kier molecular flexibility index (Phi) is 4.07. The zero-order chi connectivity index (χ0) is 18.2. The zero-order valence-corrected chi connectivity index (χ0v) is 15.2. The van der Waals surface area contributed by atoms with Crippen molar-refractivity contribution < 1.29 is 9.47 Å². The smallest absolute Gasteiger partial charge is 0.136 e. The van der Waals surface area contributed by atoms with Crippen LogP contribution in [0.4, 0.5) is 0 Å². The summed E-state index contributed by atoms with van der Waals surface area (Å²) in [6.07, 6.45) is 2.08. The lowest BCUT2D eigenvalue weighted by Gasteiger charge is -2.26. The third-order valence-corrected chi connectivity index (χ3v) is 5.25. The van der Waals surface area contributed by atoms with Gasteiger partial charge in [-0.15, -0.1) is 0 Å². The number of H-pyrrole nitrogens is 1. The summed E-state index contributed by atoms with van der Waals surface area (Å²) in [5.74, 6) is 1.82. The zero-order valence-electron chi connectivity index (χ0n) is 15.2. The van der Waals surface area contributed by atoms with Crippen LogP contribution in [0.1, 0.15) is 17.4 Å². The van der Waals surface area contributed by atoms with E-state index < -0.39 is 0 Å². The minimum absolute atomic E-state index is 0.205. The summed E-state index contributed by atoms with van der Waals surface area (Å²) in [5.41, 5.74) is 4.54. The Morgan fingerprint density at radius 1 is 1.30 bits per heavy atom. The van der Waals surface area contributed by atoms with Crippen molar-refractivity contribution in [3.8, 4) is 5.75 Å². The number of nitrogens with one attached hydrogen (secondary N) is 2. The second kappa shape index (κ2) is 6.72. The predicted molar refractivity (Wildman–Crippen MR) is 105 cm³/mol. The fourth-order valence-corrected chi connectivity index (χ4v) is 3.92. The molecule has 27 heavy (non-hydrogen) atoms. The fraction of sp³-hybridized carbons (Fsp3) is 0.286. The molecule has 6 nitrogen and oxygen atoms in total. The van der Waals surface area contributed by atoms with Crippen LogP contribution >= 0.6 is 0 Å². The van der Waals surface area contributed by atoms with E-state index in [1.165, 1.54) is 16.5 Å². The first-order chi connectivity index (χ1) is 13.3. The van der Waals surface area contributed by atoms with E-state index in [0.717, 1.165) is 35.7 Å². The van der Waals surface area contributed by atoms with Crippen LogP contribution in [-0.4, -0.2) is 34.8 Å². The fourth-order valence-electron chi connectivity index (χ4n) is 3.92. The van der Waals surface area contributed by atoms with E-state index in [2.05, 4.69) is 51.4 Å². The average molecular weight is 362 g/mol. The van der Waals surface area contributed by atoms with Gasteiger partial charge in [0.15, 0.2) is 0 Å². The summed E-state index contributed by atoms with van der Waals surface area (Å²) in [4.78, 5) is 8.06. The number of aromatic amines is 1. The van der Waals surface area contributed by atoms with E-state index in [0.29, 0.717) is 13.2 Å². The lowest BCUT2D eigenvalue weighted by atomic mass is 10.1. The van der Waals surface area contributed by atoms with Gasteiger partial charge in [0.25, 0.3) is 0 Å². The van der Waals surface area contributed by atoms with Gasteiger partial charge in [-0.25, -0.2) is 4.98 Å². The second-order valence-corrected chi connectivity index (χ2v) is 6.91. The maximum absolute atomic E-state index is 5.79. The summed E-state index contributed by atoms with van der Waals surface area (Å²) in [6.45, 7) is 2.85. The van der Waals surface area contributed by atoms with Crippen molar-refractivity contribution in [3.05, 3.63) is 60.0 Å². The monoisotopic (exact) mass is 362 g/mol. The number of imidazole rings is 1. The molecule has 2 N–H and O–H groups in total. The SMILES string of the molecule is COc1ccc2nc3n(c2c1)[C@@H](CNCc1c[nH]c2ccccc12)COC3. The highest BCUT2D eigenvalue weighted by atomic mass is 16.5. The number of ether oxygens (including phenoxy) is 2. The molecule has 1 aliphatic heterocycles. The van der Waals surface area contributed by atoms with Crippen LogP contribution in [0.25, 0.3) is 21.9 Å². The Balaban J connectivity index is 1.37. The minimum atomic E-state index is 0.205. The Morgan fingerprint density at radius 3 is 3.15 bits per heavy atom. The van der Waals surface area contributed by atoms with E-state index in [1.54, 1.807) is 7.11 Å². The molecule has 0 fully saturated rings. The number of rotatable bonds is 5. The molecule has 1 atom stereocenters. The molecule has 0 radical (unpaired) electrons. The van der Waals surface area contributed by atoms with Crippen molar-refractivity contribution in [1.29, 1.82) is 0 Å². The molecule has 0 unspecified atom stereocenters. The van der Waals surface area contributed by atoms with E-state index in [4.69, 9.17) is 14.5 Å². The first-order valence-electron chi connectivity index (χ1n) is 9.22. The maximum Gasteiger partial charge on any atom is 0.136 e. The van der Waals surface area contributed by atoms with Gasteiger partial charge >= 0.3 is 0 Å². The number of hydrogen-bond donors (Lipinski definition) is 2. The van der Waals surface area contributed by atoms with Crippen LogP contribution in [0, 0.1) is 0 Å². The first kappa shape index (κ1) is 16.4. The molecule has 4 aromatic rings. The summed E-state index contributed by atoms with van der Waals surface area (Å²) >= 11 is 0. The molecule has 0 amide bonds. The second-order valence-electron chi connectivity index (χ2n) is 6.91. The van der Waals surface area contributed by atoms with E-state index in [-0.39, 0.29) is 6.04 Å². The van der Waals surface area contributed by atoms with Gasteiger partial charge < -0.3 is 24.3 Å². The quantitative estimate of drug-likeness (QED) is 0.571. The van der Waals surface area contributed by atoms with E-state index in [9.17, 15) is 0 Å². The molecule has 5 rings (SSSR count). The predicted octanol–water partition coefficient (Wildman–Crippen LogP) is 3.39. The lowest BCUT2D eigenvalue weighted by Crippen LogP contribution is -2.32. The van der Waals surface area contributed by atoms with Crippen molar-refractivity contribution in [2.75, 3.05) is 20.3 Å². The van der Waals surface area contributed by atoms with Crippen LogP contribution in [0.3, 0.4) is 0 Å². The third kappa shape index (κ3) is 2.87. The summed E-state index contributed by atoms with van der Waals surface area (Å²) in [7, 11) is 1.69. The van der Waals surface area contributed by atoms with E-state index in [1.807, 2.05) is 12.1 Å². The Labute approximate surface area is 157 Å². The summed E-state index contributed by atoms with van der Waals surface area (Å²) < 4.78 is 13.5. The largest absolute Gasteiger partial charge is 0.497 e. The molecule has 2 aromatic heterocycles. The summed E-state index contributed by atoms with van der Waals surface area (Å²) in [5, 5.41) is 4.86. The van der Waals surface area contributed by atoms with Gasteiger partial charge in [-0.2, -0.15) is 0 Å². The molecule has 0 spiro atoms. The Bertz CT molecular complexity index is 1100. The topological polar surface area (TPSA) is 64.1 Å². The van der Waals surface area contributed by atoms with Crippen molar-refractivity contribution in [2.24, 2.45) is 0 Å². The molecule has 2 aromatic carbocycles. The Morgan fingerprint density at radius 2 is 2.22 bits per heavy atom. The van der Waals surface area contributed by atoms with Crippen molar-refractivity contribution >= 4 is 21.9 Å².